The maximum Gasteiger partial charge on any atom is 0.0541 e. The van der Waals surface area contributed by atoms with Crippen molar-refractivity contribution >= 4 is 38.9 Å². The number of anilines is 3. The number of benzene rings is 9. The van der Waals surface area contributed by atoms with Crippen LogP contribution < -0.4 is 4.90 Å². The fourth-order valence-corrected chi connectivity index (χ4v) is 12.5. The molecular formula is C73H74N2. The van der Waals surface area contributed by atoms with Crippen molar-refractivity contribution in [3.05, 3.63) is 229 Å². The quantitative estimate of drug-likeness (QED) is 0.0652. The average molecular weight is 979 g/mol. The van der Waals surface area contributed by atoms with E-state index in [0.717, 1.165) is 11.4 Å². The molecule has 0 unspecified atom stereocenters. The van der Waals surface area contributed by atoms with Gasteiger partial charge >= 0.3 is 0 Å². The van der Waals surface area contributed by atoms with Crippen molar-refractivity contribution in [1.29, 1.82) is 0 Å². The van der Waals surface area contributed by atoms with Gasteiger partial charge in [0.1, 0.15) is 0 Å². The van der Waals surface area contributed by atoms with Gasteiger partial charge in [-0.3, -0.25) is 0 Å². The van der Waals surface area contributed by atoms with Crippen molar-refractivity contribution in [2.75, 3.05) is 4.90 Å². The predicted octanol–water partition coefficient (Wildman–Crippen LogP) is 21.6. The van der Waals surface area contributed by atoms with E-state index in [1.54, 1.807) is 5.56 Å². The summed E-state index contributed by atoms with van der Waals surface area (Å²) in [5.41, 5.74) is 22.9. The summed E-state index contributed by atoms with van der Waals surface area (Å²) < 4.78 is 2.43. The summed E-state index contributed by atoms with van der Waals surface area (Å²) in [5, 5.41) is 2.54. The van der Waals surface area contributed by atoms with Gasteiger partial charge in [-0.1, -0.05) is 235 Å². The molecule has 0 bridgehead atoms. The molecule has 75 heavy (non-hydrogen) atoms. The topological polar surface area (TPSA) is 8.17 Å². The number of aryl methyl sites for hydroxylation is 2. The molecule has 0 saturated heterocycles. The Kier molecular flexibility index (Phi) is 15.0. The Hall–Kier alpha value is -7.42. The number of hydrogen-bond donors (Lipinski definition) is 0. The first-order chi connectivity index (χ1) is 36.9. The third-order valence-corrected chi connectivity index (χ3v) is 16.5. The summed E-state index contributed by atoms with van der Waals surface area (Å²) in [7, 11) is 0. The van der Waals surface area contributed by atoms with Gasteiger partial charge in [-0.15, -0.1) is 0 Å². The standard InChI is InChI=1S/C73H74N2/c1-5-7-9-11-13-20-48-73(49-21-14-12-10-8-6-2)69-25-19-18-24-65(69)66-45-44-64(52-70(66)73)74(61-38-31-57(32-39-61)55-22-16-15-17-23-55)62-40-35-59(36-41-62)60-37-47-72-68(51-60)67-50-54(4)28-46-71(67)75(72)63-42-33-58(34-43-63)56-29-26-53(3)27-30-56/h15-19,22-47,50-52H,5-14,20-21,48-49H2,1-4H3. The van der Waals surface area contributed by atoms with Gasteiger partial charge in [0.15, 0.2) is 0 Å². The third-order valence-electron chi connectivity index (χ3n) is 16.5. The summed E-state index contributed by atoms with van der Waals surface area (Å²) in [6.45, 7) is 8.99. The molecule has 0 amide bonds. The smallest absolute Gasteiger partial charge is 0.0541 e. The van der Waals surface area contributed by atoms with Gasteiger partial charge in [0.25, 0.3) is 0 Å². The number of unbranched alkanes of at least 4 members (excludes halogenated alkanes) is 10. The SMILES string of the molecule is CCCCCCCCC1(CCCCCCCC)c2ccccc2-c2ccc(N(c3ccc(-c4ccccc4)cc3)c3ccc(-c4ccc5c(c4)c4cc(C)ccc4n5-c4ccc(-c5ccc(C)cc5)cc4)cc3)cc21. The van der Waals surface area contributed by atoms with Crippen LogP contribution in [0.4, 0.5) is 17.1 Å². The van der Waals surface area contributed by atoms with E-state index in [2.05, 4.69) is 243 Å². The lowest BCUT2D eigenvalue weighted by atomic mass is 9.70. The highest BCUT2D eigenvalue weighted by atomic mass is 15.1. The molecule has 0 aliphatic heterocycles. The van der Waals surface area contributed by atoms with E-state index in [9.17, 15) is 0 Å². The Morgan fingerprint density at radius 2 is 0.800 bits per heavy atom. The minimum Gasteiger partial charge on any atom is -0.310 e. The van der Waals surface area contributed by atoms with E-state index in [1.165, 1.54) is 184 Å². The molecule has 0 saturated carbocycles. The summed E-state index contributed by atoms with van der Waals surface area (Å²) >= 11 is 0. The van der Waals surface area contributed by atoms with Crippen molar-refractivity contribution in [1.82, 2.24) is 4.57 Å². The summed E-state index contributed by atoms with van der Waals surface area (Å²) in [4.78, 5) is 2.51. The van der Waals surface area contributed by atoms with Gasteiger partial charge in [0.2, 0.25) is 0 Å². The molecule has 0 fully saturated rings. The lowest BCUT2D eigenvalue weighted by molar-refractivity contribution is 0.398. The van der Waals surface area contributed by atoms with E-state index in [0.29, 0.717) is 0 Å². The lowest BCUT2D eigenvalue weighted by Crippen LogP contribution is -2.26. The van der Waals surface area contributed by atoms with E-state index in [4.69, 9.17) is 0 Å². The monoisotopic (exact) mass is 979 g/mol. The Morgan fingerprint density at radius 3 is 1.43 bits per heavy atom. The summed E-state index contributed by atoms with van der Waals surface area (Å²) in [6, 6.07) is 78.0. The Bertz CT molecular complexity index is 3490. The van der Waals surface area contributed by atoms with E-state index < -0.39 is 0 Å². The van der Waals surface area contributed by atoms with Crippen LogP contribution in [0.3, 0.4) is 0 Å². The number of aromatic nitrogens is 1. The predicted molar refractivity (Wildman–Crippen MR) is 323 cm³/mol. The van der Waals surface area contributed by atoms with Crippen molar-refractivity contribution in [2.24, 2.45) is 0 Å². The molecule has 1 aliphatic rings. The molecule has 0 spiro atoms. The second kappa shape index (κ2) is 22.6. The molecular weight excluding hydrogens is 905 g/mol. The first-order valence-electron chi connectivity index (χ1n) is 28.5. The fraction of sp³-hybridized carbons (Fsp3) is 0.260. The number of hydrogen-bond acceptors (Lipinski definition) is 1. The maximum absolute atomic E-state index is 2.60. The first kappa shape index (κ1) is 49.8. The lowest BCUT2D eigenvalue weighted by Gasteiger charge is -2.34. The Morgan fingerprint density at radius 1 is 0.347 bits per heavy atom. The molecule has 0 radical (unpaired) electrons. The molecule has 10 aromatic rings. The van der Waals surface area contributed by atoms with Gasteiger partial charge in [-0.05, 0) is 155 Å². The molecule has 376 valence electrons. The average Bonchev–Trinajstić information content (AvgIpc) is 3.96. The van der Waals surface area contributed by atoms with Crippen LogP contribution in [-0.2, 0) is 5.41 Å². The number of nitrogens with zero attached hydrogens (tertiary/aromatic N) is 2. The van der Waals surface area contributed by atoms with Gasteiger partial charge < -0.3 is 9.47 Å². The van der Waals surface area contributed by atoms with E-state index >= 15 is 0 Å². The Balaban J connectivity index is 0.971. The van der Waals surface area contributed by atoms with Crippen LogP contribution in [0.5, 0.6) is 0 Å². The zero-order chi connectivity index (χ0) is 51.1. The molecule has 9 aromatic carbocycles. The normalized spacial score (nSPS) is 12.6. The van der Waals surface area contributed by atoms with Gasteiger partial charge in [0, 0.05) is 38.9 Å². The van der Waals surface area contributed by atoms with Crippen LogP contribution >= 0.6 is 0 Å². The van der Waals surface area contributed by atoms with Gasteiger partial charge in [-0.25, -0.2) is 0 Å². The van der Waals surface area contributed by atoms with Gasteiger partial charge in [-0.2, -0.15) is 0 Å². The second-order valence-corrected chi connectivity index (χ2v) is 21.7. The van der Waals surface area contributed by atoms with Crippen LogP contribution in [0.1, 0.15) is 126 Å². The van der Waals surface area contributed by atoms with Crippen LogP contribution in [-0.4, -0.2) is 4.57 Å². The highest BCUT2D eigenvalue weighted by molar-refractivity contribution is 6.10. The highest BCUT2D eigenvalue weighted by Crippen LogP contribution is 2.56. The highest BCUT2D eigenvalue weighted by Gasteiger charge is 2.42. The van der Waals surface area contributed by atoms with Crippen LogP contribution in [0, 0.1) is 13.8 Å². The van der Waals surface area contributed by atoms with Crippen molar-refractivity contribution in [2.45, 2.75) is 123 Å². The van der Waals surface area contributed by atoms with E-state index in [-0.39, 0.29) is 5.41 Å². The maximum atomic E-state index is 2.60. The van der Waals surface area contributed by atoms with Crippen molar-refractivity contribution in [3.8, 4) is 50.2 Å². The largest absolute Gasteiger partial charge is 0.310 e. The zero-order valence-electron chi connectivity index (χ0n) is 44.9. The van der Waals surface area contributed by atoms with Crippen molar-refractivity contribution < 1.29 is 0 Å². The minimum absolute atomic E-state index is 0.00463. The molecule has 1 aliphatic carbocycles. The third kappa shape index (κ3) is 10.3. The minimum atomic E-state index is -0.00463. The molecule has 0 N–H and O–H groups in total. The van der Waals surface area contributed by atoms with E-state index in [1.807, 2.05) is 0 Å². The molecule has 2 nitrogen and oxygen atoms in total. The number of fused-ring (bicyclic) bond motifs is 6. The molecule has 1 aromatic heterocycles. The molecule has 11 rings (SSSR count). The van der Waals surface area contributed by atoms with Crippen LogP contribution in [0.25, 0.3) is 72.0 Å². The second-order valence-electron chi connectivity index (χ2n) is 21.7. The summed E-state index contributed by atoms with van der Waals surface area (Å²) in [5.74, 6) is 0. The summed E-state index contributed by atoms with van der Waals surface area (Å²) in [6.07, 6.45) is 18.1. The molecule has 0 atom stereocenters. The van der Waals surface area contributed by atoms with Gasteiger partial charge in [0.05, 0.1) is 11.0 Å². The van der Waals surface area contributed by atoms with Crippen LogP contribution in [0.15, 0.2) is 206 Å². The molecule has 1 heterocycles. The van der Waals surface area contributed by atoms with Crippen LogP contribution in [0.2, 0.25) is 0 Å². The number of rotatable bonds is 21. The Labute approximate surface area is 447 Å². The zero-order valence-corrected chi connectivity index (χ0v) is 44.9. The molecule has 2 heteroatoms. The van der Waals surface area contributed by atoms with Crippen molar-refractivity contribution in [3.63, 3.8) is 0 Å². The first-order valence-corrected chi connectivity index (χ1v) is 28.5. The fourth-order valence-electron chi connectivity index (χ4n) is 12.5.